The van der Waals surface area contributed by atoms with Crippen molar-refractivity contribution in [2.45, 2.75) is 31.9 Å². The van der Waals surface area contributed by atoms with Crippen LogP contribution in [0.1, 0.15) is 24.2 Å². The number of benzene rings is 1. The van der Waals surface area contributed by atoms with Crippen LogP contribution < -0.4 is 10.6 Å². The molecule has 134 valence electrons. The molecule has 5 nitrogen and oxygen atoms in total. The predicted molar refractivity (Wildman–Crippen MR) is 100.0 cm³/mol. The molecule has 1 aromatic carbocycles. The highest BCUT2D eigenvalue weighted by Crippen LogP contribution is 2.11. The average Bonchev–Trinajstić information content (AvgIpc) is 3.32. The minimum atomic E-state index is 0.271. The molecule has 0 bridgehead atoms. The minimum Gasteiger partial charge on any atom is -0.469 e. The molecule has 1 unspecified atom stereocenters. The fourth-order valence-corrected chi connectivity index (χ4v) is 2.84. The van der Waals surface area contributed by atoms with E-state index in [-0.39, 0.29) is 6.10 Å². The molecule has 1 aromatic heterocycles. The summed E-state index contributed by atoms with van der Waals surface area (Å²) in [5.74, 6) is 1.75. The van der Waals surface area contributed by atoms with E-state index in [9.17, 15) is 0 Å². The molecule has 0 radical (unpaired) electrons. The van der Waals surface area contributed by atoms with Gasteiger partial charge in [-0.3, -0.25) is 0 Å². The molecule has 1 atom stereocenters. The summed E-state index contributed by atoms with van der Waals surface area (Å²) in [5, 5.41) is 7.48. The molecule has 6 heteroatoms. The fraction of sp³-hybridized carbons (Fsp3) is 0.421. The van der Waals surface area contributed by atoms with Crippen LogP contribution in [0, 0.1) is 0 Å². The number of halogens is 1. The molecule has 0 amide bonds. The van der Waals surface area contributed by atoms with Crippen LogP contribution in [0.4, 0.5) is 0 Å². The molecule has 1 saturated heterocycles. The quantitative estimate of drug-likeness (QED) is 0.586. The van der Waals surface area contributed by atoms with Gasteiger partial charge in [0.25, 0.3) is 0 Å². The van der Waals surface area contributed by atoms with Gasteiger partial charge >= 0.3 is 0 Å². The fourth-order valence-electron chi connectivity index (χ4n) is 2.71. The average molecular weight is 362 g/mol. The van der Waals surface area contributed by atoms with Gasteiger partial charge in [0.05, 0.1) is 18.9 Å². The summed E-state index contributed by atoms with van der Waals surface area (Å²) in [5.41, 5.74) is 1.12. The monoisotopic (exact) mass is 361 g/mol. The van der Waals surface area contributed by atoms with Gasteiger partial charge in [-0.05, 0) is 42.7 Å². The van der Waals surface area contributed by atoms with Gasteiger partial charge < -0.3 is 19.8 Å². The smallest absolute Gasteiger partial charge is 0.191 e. The molecule has 0 saturated carbocycles. The Morgan fingerprint density at radius 1 is 1.20 bits per heavy atom. The van der Waals surface area contributed by atoms with E-state index in [1.807, 2.05) is 36.4 Å². The van der Waals surface area contributed by atoms with Crippen molar-refractivity contribution in [3.8, 4) is 0 Å². The van der Waals surface area contributed by atoms with E-state index in [2.05, 4.69) is 15.6 Å². The van der Waals surface area contributed by atoms with E-state index < -0.39 is 0 Å². The number of ether oxygens (including phenoxy) is 1. The molecule has 1 aliphatic heterocycles. The molecule has 0 spiro atoms. The SMILES string of the molecule is Clc1ccc(CN=C(NCCc2ccco2)NCC2CCCO2)cc1. The highest BCUT2D eigenvalue weighted by Gasteiger charge is 2.15. The van der Waals surface area contributed by atoms with Crippen molar-refractivity contribution in [3.05, 3.63) is 59.0 Å². The topological polar surface area (TPSA) is 58.8 Å². The van der Waals surface area contributed by atoms with E-state index in [1.54, 1.807) is 6.26 Å². The lowest BCUT2D eigenvalue weighted by Gasteiger charge is -2.15. The first-order valence-corrected chi connectivity index (χ1v) is 9.08. The Morgan fingerprint density at radius 2 is 2.08 bits per heavy atom. The number of nitrogens with one attached hydrogen (secondary N) is 2. The Kier molecular flexibility index (Phi) is 6.77. The van der Waals surface area contributed by atoms with Crippen molar-refractivity contribution in [2.24, 2.45) is 4.99 Å². The van der Waals surface area contributed by atoms with Gasteiger partial charge in [-0.15, -0.1) is 0 Å². The van der Waals surface area contributed by atoms with Crippen molar-refractivity contribution in [3.63, 3.8) is 0 Å². The van der Waals surface area contributed by atoms with Crippen molar-refractivity contribution >= 4 is 17.6 Å². The summed E-state index contributed by atoms with van der Waals surface area (Å²) in [6.45, 7) is 2.98. The number of aliphatic imine (C=N–C) groups is 1. The van der Waals surface area contributed by atoms with Gasteiger partial charge in [-0.25, -0.2) is 4.99 Å². The third-order valence-electron chi connectivity index (χ3n) is 4.10. The molecular weight excluding hydrogens is 338 g/mol. The molecular formula is C19H24ClN3O2. The Bertz CT molecular complexity index is 650. The summed E-state index contributed by atoms with van der Waals surface area (Å²) in [6.07, 6.45) is 5.02. The highest BCUT2D eigenvalue weighted by molar-refractivity contribution is 6.30. The van der Waals surface area contributed by atoms with Gasteiger partial charge in [0, 0.05) is 31.1 Å². The summed E-state index contributed by atoms with van der Waals surface area (Å²) < 4.78 is 11.0. The second-order valence-electron chi connectivity index (χ2n) is 6.06. The maximum atomic E-state index is 5.93. The lowest BCUT2D eigenvalue weighted by Crippen LogP contribution is -2.41. The van der Waals surface area contributed by atoms with E-state index in [4.69, 9.17) is 20.8 Å². The Balaban J connectivity index is 1.53. The predicted octanol–water partition coefficient (Wildman–Crippen LogP) is 3.39. The van der Waals surface area contributed by atoms with Crippen LogP contribution >= 0.6 is 11.6 Å². The summed E-state index contributed by atoms with van der Waals surface area (Å²) >= 11 is 5.93. The Morgan fingerprint density at radius 3 is 2.80 bits per heavy atom. The van der Waals surface area contributed by atoms with E-state index in [0.29, 0.717) is 6.54 Å². The zero-order chi connectivity index (χ0) is 17.3. The number of nitrogens with zero attached hydrogens (tertiary/aromatic N) is 1. The van der Waals surface area contributed by atoms with Crippen molar-refractivity contribution in [1.29, 1.82) is 0 Å². The summed E-state index contributed by atoms with van der Waals surface area (Å²) in [4.78, 5) is 4.67. The lowest BCUT2D eigenvalue weighted by molar-refractivity contribution is 0.114. The molecule has 2 N–H and O–H groups in total. The van der Waals surface area contributed by atoms with E-state index >= 15 is 0 Å². The molecule has 1 aliphatic rings. The molecule has 2 heterocycles. The van der Waals surface area contributed by atoms with Gasteiger partial charge in [0.2, 0.25) is 0 Å². The zero-order valence-electron chi connectivity index (χ0n) is 14.2. The van der Waals surface area contributed by atoms with Crippen LogP contribution in [0.25, 0.3) is 0 Å². The minimum absolute atomic E-state index is 0.271. The second kappa shape index (κ2) is 9.49. The van der Waals surface area contributed by atoms with Crippen molar-refractivity contribution in [1.82, 2.24) is 10.6 Å². The van der Waals surface area contributed by atoms with Crippen LogP contribution in [0.2, 0.25) is 5.02 Å². The normalized spacial score (nSPS) is 17.6. The van der Waals surface area contributed by atoms with Crippen LogP contribution in [0.3, 0.4) is 0 Å². The summed E-state index contributed by atoms with van der Waals surface area (Å²) in [7, 11) is 0. The zero-order valence-corrected chi connectivity index (χ0v) is 15.0. The van der Waals surface area contributed by atoms with Gasteiger partial charge in [-0.1, -0.05) is 23.7 Å². The number of hydrogen-bond donors (Lipinski definition) is 2. The first-order valence-electron chi connectivity index (χ1n) is 8.70. The van der Waals surface area contributed by atoms with Gasteiger partial charge in [-0.2, -0.15) is 0 Å². The van der Waals surface area contributed by atoms with Crippen molar-refractivity contribution < 1.29 is 9.15 Å². The maximum absolute atomic E-state index is 5.93. The largest absolute Gasteiger partial charge is 0.469 e. The second-order valence-corrected chi connectivity index (χ2v) is 6.50. The van der Waals surface area contributed by atoms with Crippen LogP contribution in [-0.2, 0) is 17.7 Å². The Labute approximate surface area is 153 Å². The van der Waals surface area contributed by atoms with Crippen LogP contribution in [0.15, 0.2) is 52.1 Å². The molecule has 25 heavy (non-hydrogen) atoms. The van der Waals surface area contributed by atoms with Crippen LogP contribution in [-0.4, -0.2) is 31.8 Å². The standard InChI is InChI=1S/C19H24ClN3O2/c20-16-7-5-15(6-8-16)13-22-19(23-14-18-4-2-12-25-18)21-10-9-17-3-1-11-24-17/h1,3,5-8,11,18H,2,4,9-10,12-14H2,(H2,21,22,23). The van der Waals surface area contributed by atoms with Crippen LogP contribution in [0.5, 0.6) is 0 Å². The van der Waals surface area contributed by atoms with Gasteiger partial charge in [0.1, 0.15) is 5.76 Å². The lowest BCUT2D eigenvalue weighted by atomic mass is 10.2. The molecule has 0 aliphatic carbocycles. The van der Waals surface area contributed by atoms with E-state index in [0.717, 1.165) is 61.3 Å². The summed E-state index contributed by atoms with van der Waals surface area (Å²) in [6, 6.07) is 11.6. The third kappa shape index (κ3) is 6.11. The highest BCUT2D eigenvalue weighted by atomic mass is 35.5. The number of hydrogen-bond acceptors (Lipinski definition) is 3. The first-order chi connectivity index (χ1) is 12.3. The van der Waals surface area contributed by atoms with Gasteiger partial charge in [0.15, 0.2) is 5.96 Å². The Hall–Kier alpha value is -1.98. The van der Waals surface area contributed by atoms with Crippen molar-refractivity contribution in [2.75, 3.05) is 19.7 Å². The number of rotatable bonds is 7. The molecule has 3 rings (SSSR count). The molecule has 2 aromatic rings. The van der Waals surface area contributed by atoms with E-state index in [1.165, 1.54) is 0 Å². The maximum Gasteiger partial charge on any atom is 0.191 e. The first kappa shape index (κ1) is 17.8. The third-order valence-corrected chi connectivity index (χ3v) is 4.35. The molecule has 1 fully saturated rings. The number of guanidine groups is 1. The number of furan rings is 1.